The first-order valence-corrected chi connectivity index (χ1v) is 10.5. The van der Waals surface area contributed by atoms with E-state index in [2.05, 4.69) is 61.5 Å². The van der Waals surface area contributed by atoms with Crippen LogP contribution >= 0.6 is 10.5 Å². The fourth-order valence-electron chi connectivity index (χ4n) is 3.37. The quantitative estimate of drug-likeness (QED) is 0.203. The Hall–Kier alpha value is -2.85. The number of fused-ring (bicyclic) bond motifs is 3. The van der Waals surface area contributed by atoms with Gasteiger partial charge in [0.1, 0.15) is 11.4 Å². The first kappa shape index (κ1) is 18.5. The number of aryl methyl sites for hydroxylation is 1. The van der Waals surface area contributed by atoms with Crippen LogP contribution in [0.3, 0.4) is 0 Å². The number of hydrogen-bond acceptors (Lipinski definition) is 3. The molecule has 0 aliphatic carbocycles. The van der Waals surface area contributed by atoms with Crippen LogP contribution in [0.1, 0.15) is 26.3 Å². The highest BCUT2D eigenvalue weighted by molar-refractivity contribution is 7.50. The molecule has 4 rings (SSSR count). The minimum Gasteiger partial charge on any atom is -0.428 e. The van der Waals surface area contributed by atoms with Crippen molar-refractivity contribution in [1.82, 2.24) is 0 Å². The fraction of sp³-hybridized carbons (Fsp3) is 0.208. The minimum atomic E-state index is -0.682. The number of rotatable bonds is 2. The lowest BCUT2D eigenvalue weighted by molar-refractivity contribution is 0.0206. The third kappa shape index (κ3) is 3.48. The largest absolute Gasteiger partial charge is 0.514 e. The average molecular weight is 392 g/mol. The van der Waals surface area contributed by atoms with E-state index in [9.17, 15) is 4.79 Å². The number of carbonyl (C=O) groups excluding carboxylic acids is 1. The van der Waals surface area contributed by atoms with E-state index in [-0.39, 0.29) is 10.5 Å². The maximum absolute atomic E-state index is 12.0. The Balaban J connectivity index is 1.77. The van der Waals surface area contributed by atoms with Crippen LogP contribution in [-0.4, -0.2) is 11.8 Å². The van der Waals surface area contributed by atoms with Crippen molar-refractivity contribution >= 4 is 36.8 Å². The van der Waals surface area contributed by atoms with Gasteiger partial charge in [-0.05, 0) is 64.1 Å². The van der Waals surface area contributed by atoms with Crippen LogP contribution < -0.4 is 4.74 Å². The van der Waals surface area contributed by atoms with Crippen molar-refractivity contribution in [3.8, 4) is 10.6 Å². The summed E-state index contributed by atoms with van der Waals surface area (Å²) in [5, 5.41) is 2.60. The van der Waals surface area contributed by atoms with E-state index in [1.165, 1.54) is 25.1 Å². The molecule has 1 heterocycles. The molecule has 0 fully saturated rings. The second kappa shape index (κ2) is 6.95. The molecule has 3 aromatic carbocycles. The van der Waals surface area contributed by atoms with Gasteiger partial charge in [0.25, 0.3) is 0 Å². The Morgan fingerprint density at radius 2 is 1.43 bits per heavy atom. The van der Waals surface area contributed by atoms with Gasteiger partial charge in [0.05, 0.1) is 0 Å². The average Bonchev–Trinajstić information content (AvgIpc) is 2.95. The van der Waals surface area contributed by atoms with Gasteiger partial charge in [0.15, 0.2) is 14.3 Å². The molecule has 0 radical (unpaired) electrons. The molecule has 0 saturated carbocycles. The predicted octanol–water partition coefficient (Wildman–Crippen LogP) is 7.35. The molecule has 0 aliphatic rings. The van der Waals surface area contributed by atoms with Crippen LogP contribution in [-0.2, 0) is 4.74 Å². The topological polar surface area (TPSA) is 35.5 Å². The maximum Gasteiger partial charge on any atom is 0.514 e. The number of hydrogen-bond donors (Lipinski definition) is 0. The van der Waals surface area contributed by atoms with E-state index in [0.717, 1.165) is 5.56 Å². The van der Waals surface area contributed by atoms with Crippen molar-refractivity contribution in [2.24, 2.45) is 0 Å². The van der Waals surface area contributed by atoms with Crippen molar-refractivity contribution in [3.05, 3.63) is 72.3 Å². The number of ether oxygens (including phenoxy) is 2. The van der Waals surface area contributed by atoms with Gasteiger partial charge in [-0.1, -0.05) is 24.3 Å². The first-order chi connectivity index (χ1) is 13.3. The third-order valence-electron chi connectivity index (χ3n) is 4.46. The Kier molecular flexibility index (Phi) is 4.60. The molecule has 0 atom stereocenters. The number of thiophene rings is 1. The van der Waals surface area contributed by atoms with Crippen LogP contribution in [0.5, 0.6) is 5.75 Å². The standard InChI is InChI=1S/C24H23O3S/c1-16-15-17(26-23(25)27-24(2,3)4)13-14-20(16)28-21-11-7-5-9-18(21)19-10-6-8-12-22(19)28/h5-15H,1-4H3/q+1. The molecule has 0 spiro atoms. The normalized spacial score (nSPS) is 11.7. The molecular formula is C24H23O3S+. The highest BCUT2D eigenvalue weighted by Crippen LogP contribution is 2.49. The van der Waals surface area contributed by atoms with Crippen LogP contribution in [0.4, 0.5) is 4.79 Å². The summed E-state index contributed by atoms with van der Waals surface area (Å²) in [5.74, 6) is 0.500. The molecule has 142 valence electrons. The van der Waals surface area contributed by atoms with Gasteiger partial charge in [0.2, 0.25) is 0 Å². The molecule has 0 amide bonds. The summed E-state index contributed by atoms with van der Waals surface area (Å²) in [5.41, 5.74) is 0.515. The van der Waals surface area contributed by atoms with E-state index in [0.29, 0.717) is 5.75 Å². The van der Waals surface area contributed by atoms with Gasteiger partial charge in [-0.3, -0.25) is 0 Å². The lowest BCUT2D eigenvalue weighted by Gasteiger charge is -2.18. The van der Waals surface area contributed by atoms with Gasteiger partial charge in [-0.15, -0.1) is 0 Å². The molecule has 0 saturated heterocycles. The van der Waals surface area contributed by atoms with Gasteiger partial charge in [-0.25, -0.2) is 4.79 Å². The van der Waals surface area contributed by atoms with Gasteiger partial charge in [-0.2, -0.15) is 0 Å². The lowest BCUT2D eigenvalue weighted by Crippen LogP contribution is -2.25. The molecule has 28 heavy (non-hydrogen) atoms. The Labute approximate surface area is 167 Å². The molecular weight excluding hydrogens is 368 g/mol. The molecule has 0 aliphatic heterocycles. The summed E-state index contributed by atoms with van der Waals surface area (Å²) < 4.78 is 13.3. The summed E-state index contributed by atoms with van der Waals surface area (Å²) >= 11 is 0. The second-order valence-corrected chi connectivity index (χ2v) is 9.72. The minimum absolute atomic E-state index is 0.161. The van der Waals surface area contributed by atoms with Gasteiger partial charge < -0.3 is 9.47 Å². The first-order valence-electron chi connectivity index (χ1n) is 9.28. The Morgan fingerprint density at radius 3 is 1.96 bits per heavy atom. The highest BCUT2D eigenvalue weighted by Gasteiger charge is 2.25. The number of benzene rings is 3. The molecule has 3 nitrogen and oxygen atoms in total. The maximum atomic E-state index is 12.0. The van der Waals surface area contributed by atoms with E-state index in [1.807, 2.05) is 32.9 Å². The molecule has 0 unspecified atom stereocenters. The lowest BCUT2D eigenvalue weighted by atomic mass is 10.2. The van der Waals surface area contributed by atoms with Crippen molar-refractivity contribution in [2.75, 3.05) is 0 Å². The third-order valence-corrected chi connectivity index (χ3v) is 6.95. The van der Waals surface area contributed by atoms with Crippen LogP contribution in [0.15, 0.2) is 66.7 Å². The summed E-state index contributed by atoms with van der Waals surface area (Å²) in [6.07, 6.45) is -0.682. The van der Waals surface area contributed by atoms with Crippen molar-refractivity contribution in [3.63, 3.8) is 0 Å². The second-order valence-electron chi connectivity index (χ2n) is 7.79. The number of carbonyl (C=O) groups is 1. The molecule has 1 aromatic heterocycles. The van der Waals surface area contributed by atoms with Gasteiger partial charge in [0, 0.05) is 32.9 Å². The van der Waals surface area contributed by atoms with E-state index >= 15 is 0 Å². The predicted molar refractivity (Wildman–Crippen MR) is 117 cm³/mol. The summed E-state index contributed by atoms with van der Waals surface area (Å²) in [7, 11) is -0.161. The van der Waals surface area contributed by atoms with E-state index in [1.54, 1.807) is 0 Å². The van der Waals surface area contributed by atoms with Crippen LogP contribution in [0.2, 0.25) is 0 Å². The van der Waals surface area contributed by atoms with Crippen molar-refractivity contribution in [1.29, 1.82) is 0 Å². The molecule has 0 N–H and O–H groups in total. The summed E-state index contributed by atoms with van der Waals surface area (Å²) in [6, 6.07) is 23.0. The highest BCUT2D eigenvalue weighted by atomic mass is 32.2. The molecule has 0 bridgehead atoms. The SMILES string of the molecule is Cc1cc(OC(=O)OC(C)(C)C)ccc1-[s+]1c2ccccc2c2ccccc21. The monoisotopic (exact) mass is 391 g/mol. The zero-order valence-corrected chi connectivity index (χ0v) is 17.3. The smallest absolute Gasteiger partial charge is 0.428 e. The zero-order valence-electron chi connectivity index (χ0n) is 16.5. The molecule has 4 heteroatoms. The zero-order chi connectivity index (χ0) is 19.9. The van der Waals surface area contributed by atoms with E-state index < -0.39 is 11.8 Å². The van der Waals surface area contributed by atoms with E-state index in [4.69, 9.17) is 9.47 Å². The fourth-order valence-corrected chi connectivity index (χ4v) is 5.89. The Morgan fingerprint density at radius 1 is 0.857 bits per heavy atom. The molecule has 4 aromatic rings. The van der Waals surface area contributed by atoms with Crippen LogP contribution in [0, 0.1) is 6.92 Å². The van der Waals surface area contributed by atoms with Crippen LogP contribution in [0.25, 0.3) is 25.1 Å². The summed E-state index contributed by atoms with van der Waals surface area (Å²) in [6.45, 7) is 7.52. The van der Waals surface area contributed by atoms with Crippen molar-refractivity contribution < 1.29 is 14.3 Å². The summed E-state index contributed by atoms with van der Waals surface area (Å²) in [4.78, 5) is 13.2. The van der Waals surface area contributed by atoms with Crippen molar-refractivity contribution in [2.45, 2.75) is 33.3 Å². The van der Waals surface area contributed by atoms with Gasteiger partial charge >= 0.3 is 6.16 Å². The Bertz CT molecular complexity index is 1130.